The van der Waals surface area contributed by atoms with E-state index in [1.807, 2.05) is 12.1 Å². The van der Waals surface area contributed by atoms with Crippen molar-refractivity contribution in [3.63, 3.8) is 0 Å². The Morgan fingerprint density at radius 3 is 2.65 bits per heavy atom. The molecule has 0 aliphatic carbocycles. The first-order valence-corrected chi connectivity index (χ1v) is 6.20. The molecular formula is C14H14N2O4. The lowest BCUT2D eigenvalue weighted by atomic mass is 9.96. The van der Waals surface area contributed by atoms with Crippen LogP contribution in [0, 0.1) is 0 Å². The summed E-state index contributed by atoms with van der Waals surface area (Å²) in [5, 5.41) is 2.81. The van der Waals surface area contributed by atoms with Gasteiger partial charge >= 0.3 is 12.0 Å². The third-order valence-electron chi connectivity index (χ3n) is 3.59. The Hall–Kier alpha value is -2.50. The van der Waals surface area contributed by atoms with Crippen LogP contribution in [0.1, 0.15) is 11.6 Å². The minimum absolute atomic E-state index is 0.144. The maximum absolute atomic E-state index is 11.9. The lowest BCUT2D eigenvalue weighted by Gasteiger charge is -2.30. The summed E-state index contributed by atoms with van der Waals surface area (Å²) in [4.78, 5) is 25.2. The molecule has 0 radical (unpaired) electrons. The minimum atomic E-state index is -0.477. The number of benzene rings is 1. The summed E-state index contributed by atoms with van der Waals surface area (Å²) in [6.45, 7) is 0.144. The summed E-state index contributed by atoms with van der Waals surface area (Å²) in [6, 6.07) is 6.51. The molecule has 0 spiro atoms. The maximum atomic E-state index is 11.9. The highest BCUT2D eigenvalue weighted by Crippen LogP contribution is 2.34. The van der Waals surface area contributed by atoms with Gasteiger partial charge in [-0.25, -0.2) is 9.59 Å². The number of likely N-dealkylation sites (N-methyl/N-ethyl adjacent to an activating group) is 1. The average molecular weight is 274 g/mol. The van der Waals surface area contributed by atoms with Gasteiger partial charge in [-0.15, -0.1) is 0 Å². The third kappa shape index (κ3) is 1.80. The fourth-order valence-electron chi connectivity index (χ4n) is 2.43. The van der Waals surface area contributed by atoms with E-state index in [1.54, 1.807) is 26.3 Å². The number of nitrogens with one attached hydrogen (secondary N) is 1. The van der Waals surface area contributed by atoms with Crippen LogP contribution in [0.25, 0.3) is 0 Å². The number of hydrogen-bond donors (Lipinski definition) is 1. The number of ether oxygens (including phenoxy) is 2. The number of rotatable bonds is 2. The Kier molecular flexibility index (Phi) is 2.85. The van der Waals surface area contributed by atoms with Gasteiger partial charge in [-0.3, -0.25) is 4.90 Å². The number of amides is 2. The lowest BCUT2D eigenvalue weighted by Crippen LogP contribution is -2.45. The van der Waals surface area contributed by atoms with Crippen LogP contribution in [0.4, 0.5) is 4.79 Å². The van der Waals surface area contributed by atoms with Gasteiger partial charge in [-0.1, -0.05) is 12.1 Å². The third-order valence-corrected chi connectivity index (χ3v) is 3.59. The van der Waals surface area contributed by atoms with Gasteiger partial charge in [0.2, 0.25) is 0 Å². The van der Waals surface area contributed by atoms with Crippen LogP contribution in [-0.4, -0.2) is 37.7 Å². The van der Waals surface area contributed by atoms with Gasteiger partial charge in [0.05, 0.1) is 24.4 Å². The molecule has 0 bridgehead atoms. The Morgan fingerprint density at radius 2 is 2.00 bits per heavy atom. The van der Waals surface area contributed by atoms with Crippen molar-refractivity contribution in [3.8, 4) is 5.75 Å². The molecule has 0 saturated heterocycles. The Morgan fingerprint density at radius 1 is 1.30 bits per heavy atom. The quantitative estimate of drug-likeness (QED) is 0.823. The van der Waals surface area contributed by atoms with E-state index >= 15 is 0 Å². The number of methoxy groups -OCH3 is 1. The largest absolute Gasteiger partial charge is 0.497 e. The molecule has 0 fully saturated rings. The van der Waals surface area contributed by atoms with Crippen molar-refractivity contribution in [2.24, 2.45) is 0 Å². The van der Waals surface area contributed by atoms with Crippen LogP contribution in [0.2, 0.25) is 0 Å². The van der Waals surface area contributed by atoms with E-state index < -0.39 is 6.04 Å². The van der Waals surface area contributed by atoms with E-state index in [4.69, 9.17) is 9.47 Å². The van der Waals surface area contributed by atoms with Crippen molar-refractivity contribution in [1.29, 1.82) is 0 Å². The Balaban J connectivity index is 2.03. The molecule has 2 aliphatic rings. The predicted molar refractivity (Wildman–Crippen MR) is 70.0 cm³/mol. The highest BCUT2D eigenvalue weighted by molar-refractivity contribution is 5.97. The van der Waals surface area contributed by atoms with Gasteiger partial charge < -0.3 is 14.8 Å². The number of urea groups is 1. The van der Waals surface area contributed by atoms with E-state index in [0.29, 0.717) is 11.3 Å². The first-order valence-electron chi connectivity index (χ1n) is 6.20. The van der Waals surface area contributed by atoms with Crippen LogP contribution in [0.15, 0.2) is 35.5 Å². The smallest absolute Gasteiger partial charge is 0.338 e. The Bertz CT molecular complexity index is 606. The van der Waals surface area contributed by atoms with E-state index in [-0.39, 0.29) is 18.6 Å². The SMILES string of the molecule is COc1ccc(C2NC(=O)N(C)C3=C2C(=O)OC3)cc1. The molecule has 1 N–H and O–H groups in total. The van der Waals surface area contributed by atoms with Gasteiger partial charge in [0, 0.05) is 7.05 Å². The normalized spacial score (nSPS) is 21.5. The van der Waals surface area contributed by atoms with Crippen molar-refractivity contribution in [2.45, 2.75) is 6.04 Å². The zero-order valence-electron chi connectivity index (χ0n) is 11.2. The van der Waals surface area contributed by atoms with E-state index in [0.717, 1.165) is 11.3 Å². The zero-order valence-corrected chi connectivity index (χ0v) is 11.2. The Labute approximate surface area is 116 Å². The van der Waals surface area contributed by atoms with Crippen LogP contribution in [-0.2, 0) is 9.53 Å². The average Bonchev–Trinajstić information content (AvgIpc) is 2.85. The topological polar surface area (TPSA) is 67.9 Å². The predicted octanol–water partition coefficient (Wildman–Crippen LogP) is 1.20. The number of carbonyl (C=O) groups excluding carboxylic acids is 2. The molecule has 2 amide bonds. The number of carbonyl (C=O) groups is 2. The molecule has 104 valence electrons. The highest BCUT2D eigenvalue weighted by Gasteiger charge is 2.40. The van der Waals surface area contributed by atoms with Crippen molar-refractivity contribution >= 4 is 12.0 Å². The molecule has 20 heavy (non-hydrogen) atoms. The van der Waals surface area contributed by atoms with Crippen molar-refractivity contribution in [1.82, 2.24) is 10.2 Å². The second-order valence-corrected chi connectivity index (χ2v) is 4.65. The molecule has 6 heteroatoms. The molecule has 3 rings (SSSR count). The fourth-order valence-corrected chi connectivity index (χ4v) is 2.43. The van der Waals surface area contributed by atoms with Crippen molar-refractivity contribution < 1.29 is 19.1 Å². The number of esters is 1. The van der Waals surface area contributed by atoms with Gasteiger partial charge in [-0.05, 0) is 17.7 Å². The van der Waals surface area contributed by atoms with Crippen LogP contribution in [0.5, 0.6) is 5.75 Å². The molecule has 1 aromatic rings. The van der Waals surface area contributed by atoms with Gasteiger partial charge in [0.15, 0.2) is 0 Å². The van der Waals surface area contributed by atoms with Crippen molar-refractivity contribution in [2.75, 3.05) is 20.8 Å². The first-order chi connectivity index (χ1) is 9.61. The van der Waals surface area contributed by atoms with E-state index in [1.165, 1.54) is 4.90 Å². The summed E-state index contributed by atoms with van der Waals surface area (Å²) in [7, 11) is 3.21. The van der Waals surface area contributed by atoms with E-state index in [2.05, 4.69) is 5.32 Å². The summed E-state index contributed by atoms with van der Waals surface area (Å²) in [5.74, 6) is 0.337. The summed E-state index contributed by atoms with van der Waals surface area (Å²) < 4.78 is 10.1. The second-order valence-electron chi connectivity index (χ2n) is 4.65. The lowest BCUT2D eigenvalue weighted by molar-refractivity contribution is -0.136. The van der Waals surface area contributed by atoms with E-state index in [9.17, 15) is 9.59 Å². The fraction of sp³-hybridized carbons (Fsp3) is 0.286. The second kappa shape index (κ2) is 4.56. The summed E-state index contributed by atoms with van der Waals surface area (Å²) in [6.07, 6.45) is 0. The molecule has 0 saturated carbocycles. The standard InChI is InChI=1S/C14H14N2O4/c1-16-10-7-20-13(17)11(10)12(15-14(16)18)8-3-5-9(19-2)6-4-8/h3-6,12H,7H2,1-2H3,(H,15,18). The number of hydrogen-bond acceptors (Lipinski definition) is 4. The summed E-state index contributed by atoms with van der Waals surface area (Å²) >= 11 is 0. The van der Waals surface area contributed by atoms with Gasteiger partial charge in [0.1, 0.15) is 12.4 Å². The molecule has 1 aromatic carbocycles. The van der Waals surface area contributed by atoms with Crippen LogP contribution < -0.4 is 10.1 Å². The summed E-state index contributed by atoms with van der Waals surface area (Å²) in [5.41, 5.74) is 1.94. The molecule has 1 unspecified atom stereocenters. The van der Waals surface area contributed by atoms with Crippen LogP contribution >= 0.6 is 0 Å². The number of cyclic esters (lactones) is 1. The molecule has 1 atom stereocenters. The molecular weight excluding hydrogens is 260 g/mol. The number of nitrogens with zero attached hydrogens (tertiary/aromatic N) is 1. The zero-order chi connectivity index (χ0) is 14.3. The first kappa shape index (κ1) is 12.5. The van der Waals surface area contributed by atoms with Crippen molar-refractivity contribution in [3.05, 3.63) is 41.1 Å². The van der Waals surface area contributed by atoms with Crippen LogP contribution in [0.3, 0.4) is 0 Å². The molecule has 2 aliphatic heterocycles. The maximum Gasteiger partial charge on any atom is 0.338 e. The highest BCUT2D eigenvalue weighted by atomic mass is 16.5. The molecule has 0 aromatic heterocycles. The minimum Gasteiger partial charge on any atom is -0.497 e. The molecule has 2 heterocycles. The van der Waals surface area contributed by atoms with Gasteiger partial charge in [-0.2, -0.15) is 0 Å². The molecule has 6 nitrogen and oxygen atoms in total. The van der Waals surface area contributed by atoms with Gasteiger partial charge in [0.25, 0.3) is 0 Å². The monoisotopic (exact) mass is 274 g/mol.